The zero-order valence-corrected chi connectivity index (χ0v) is 13.2. The van der Waals surface area contributed by atoms with Crippen molar-refractivity contribution in [3.05, 3.63) is 18.2 Å². The highest BCUT2D eigenvalue weighted by Gasteiger charge is 2.30. The van der Waals surface area contributed by atoms with Gasteiger partial charge in [-0.2, -0.15) is 0 Å². The molecule has 116 valence electrons. The summed E-state index contributed by atoms with van der Waals surface area (Å²) in [4.78, 5) is 12.3. The van der Waals surface area contributed by atoms with Crippen molar-refractivity contribution in [1.82, 2.24) is 5.32 Å². The van der Waals surface area contributed by atoms with Crippen LogP contribution < -0.4 is 14.8 Å². The van der Waals surface area contributed by atoms with Crippen LogP contribution in [0.1, 0.15) is 19.8 Å². The molecule has 0 radical (unpaired) electrons. The number of aliphatic carboxylic acids is 1. The van der Waals surface area contributed by atoms with Crippen molar-refractivity contribution in [2.75, 3.05) is 26.0 Å². The third-order valence-corrected chi connectivity index (χ3v) is 4.61. The molecule has 0 saturated carbocycles. The average Bonchev–Trinajstić information content (AvgIpc) is 2.71. The van der Waals surface area contributed by atoms with Gasteiger partial charge in [0.05, 0.1) is 13.2 Å². The Kier molecular flexibility index (Phi) is 5.36. The number of hydrogen-bond donors (Lipinski definition) is 2. The number of hydrogen-bond acceptors (Lipinski definition) is 5. The van der Waals surface area contributed by atoms with Gasteiger partial charge in [0.2, 0.25) is 0 Å². The summed E-state index contributed by atoms with van der Waals surface area (Å²) < 4.78 is 11.2. The van der Waals surface area contributed by atoms with Crippen LogP contribution in [-0.4, -0.2) is 42.6 Å². The van der Waals surface area contributed by atoms with Crippen LogP contribution in [-0.2, 0) is 4.79 Å². The number of nitrogens with one attached hydrogen (secondary N) is 1. The van der Waals surface area contributed by atoms with E-state index in [1.165, 1.54) is 0 Å². The van der Waals surface area contributed by atoms with E-state index in [1.54, 1.807) is 25.7 Å². The van der Waals surface area contributed by atoms with Crippen LogP contribution in [0.4, 0.5) is 0 Å². The number of ether oxygens (including phenoxy) is 2. The molecule has 0 aliphatic carbocycles. The molecular weight excluding hydrogens is 290 g/mol. The van der Waals surface area contributed by atoms with Crippen molar-refractivity contribution < 1.29 is 19.4 Å². The van der Waals surface area contributed by atoms with Crippen LogP contribution in [0.15, 0.2) is 23.1 Å². The molecule has 1 heterocycles. The maximum atomic E-state index is 11.2. The van der Waals surface area contributed by atoms with Crippen molar-refractivity contribution in [1.29, 1.82) is 0 Å². The van der Waals surface area contributed by atoms with E-state index in [2.05, 4.69) is 5.32 Å². The molecule has 1 aliphatic rings. The van der Waals surface area contributed by atoms with E-state index in [0.29, 0.717) is 25.4 Å². The van der Waals surface area contributed by atoms with Crippen LogP contribution in [0.2, 0.25) is 0 Å². The maximum absolute atomic E-state index is 11.2. The lowest BCUT2D eigenvalue weighted by atomic mass is 10.00. The fourth-order valence-corrected chi connectivity index (χ4v) is 3.05. The highest BCUT2D eigenvalue weighted by molar-refractivity contribution is 7.99. The average molecular weight is 311 g/mol. The van der Waals surface area contributed by atoms with Crippen LogP contribution in [0.25, 0.3) is 0 Å². The van der Waals surface area contributed by atoms with Gasteiger partial charge in [0, 0.05) is 17.1 Å². The van der Waals surface area contributed by atoms with E-state index >= 15 is 0 Å². The number of thioether (sulfide) groups is 1. The molecule has 5 nitrogen and oxygen atoms in total. The van der Waals surface area contributed by atoms with Gasteiger partial charge in [0.1, 0.15) is 5.54 Å². The molecule has 2 rings (SSSR count). The van der Waals surface area contributed by atoms with Gasteiger partial charge in [0.15, 0.2) is 11.5 Å². The van der Waals surface area contributed by atoms with E-state index < -0.39 is 11.5 Å². The fourth-order valence-electron chi connectivity index (χ4n) is 1.95. The Balaban J connectivity index is 1.95. The second kappa shape index (κ2) is 7.04. The smallest absolute Gasteiger partial charge is 0.323 e. The zero-order chi connectivity index (χ0) is 15.3. The highest BCUT2D eigenvalue weighted by atomic mass is 32.2. The molecule has 0 amide bonds. The minimum absolute atomic E-state index is 0.540. The van der Waals surface area contributed by atoms with Crippen LogP contribution in [0.5, 0.6) is 11.5 Å². The number of likely N-dealkylation sites (N-methyl/N-ethyl adjacent to an activating group) is 1. The van der Waals surface area contributed by atoms with Gasteiger partial charge >= 0.3 is 5.97 Å². The van der Waals surface area contributed by atoms with Crippen molar-refractivity contribution in [3.8, 4) is 11.5 Å². The van der Waals surface area contributed by atoms with Crippen molar-refractivity contribution in [2.45, 2.75) is 30.2 Å². The first-order valence-corrected chi connectivity index (χ1v) is 7.98. The molecule has 1 aromatic rings. The minimum atomic E-state index is -0.891. The molecule has 1 aromatic carbocycles. The van der Waals surface area contributed by atoms with Gasteiger partial charge in [-0.3, -0.25) is 4.79 Å². The molecule has 0 aromatic heterocycles. The topological polar surface area (TPSA) is 67.8 Å². The Morgan fingerprint density at radius 2 is 2.10 bits per heavy atom. The summed E-state index contributed by atoms with van der Waals surface area (Å²) in [7, 11) is 1.67. The lowest BCUT2D eigenvalue weighted by Crippen LogP contribution is -2.47. The maximum Gasteiger partial charge on any atom is 0.323 e. The van der Waals surface area contributed by atoms with Gasteiger partial charge in [-0.15, -0.1) is 11.8 Å². The van der Waals surface area contributed by atoms with Crippen LogP contribution in [0, 0.1) is 0 Å². The van der Waals surface area contributed by atoms with Crippen molar-refractivity contribution in [3.63, 3.8) is 0 Å². The molecule has 0 fully saturated rings. The Morgan fingerprint density at radius 1 is 1.38 bits per heavy atom. The summed E-state index contributed by atoms with van der Waals surface area (Å²) in [5, 5.41) is 12.1. The first-order chi connectivity index (χ1) is 10.0. The minimum Gasteiger partial charge on any atom is -0.490 e. The van der Waals surface area contributed by atoms with E-state index in [9.17, 15) is 9.90 Å². The molecule has 2 N–H and O–H groups in total. The van der Waals surface area contributed by atoms with Gasteiger partial charge in [-0.1, -0.05) is 0 Å². The summed E-state index contributed by atoms with van der Waals surface area (Å²) in [5.41, 5.74) is -0.891. The van der Waals surface area contributed by atoms with Gasteiger partial charge < -0.3 is 19.9 Å². The molecule has 1 atom stereocenters. The third kappa shape index (κ3) is 4.04. The Morgan fingerprint density at radius 3 is 2.76 bits per heavy atom. The summed E-state index contributed by atoms with van der Waals surface area (Å²) in [6.07, 6.45) is 1.42. The number of rotatable bonds is 6. The van der Waals surface area contributed by atoms with E-state index in [-0.39, 0.29) is 0 Å². The van der Waals surface area contributed by atoms with Gasteiger partial charge in [0.25, 0.3) is 0 Å². The normalized spacial score (nSPS) is 16.9. The molecule has 6 heteroatoms. The van der Waals surface area contributed by atoms with Crippen LogP contribution >= 0.6 is 11.8 Å². The monoisotopic (exact) mass is 311 g/mol. The SMILES string of the molecule is CNC(C)(CCSc1ccc2c(c1)OCCCO2)C(=O)O. The number of fused-ring (bicyclic) bond motifs is 1. The number of benzene rings is 1. The lowest BCUT2D eigenvalue weighted by molar-refractivity contribution is -0.144. The molecule has 0 bridgehead atoms. The lowest BCUT2D eigenvalue weighted by Gasteiger charge is -2.23. The largest absolute Gasteiger partial charge is 0.490 e. The second-order valence-corrected chi connectivity index (χ2v) is 6.31. The Labute approximate surface area is 129 Å². The number of carboxylic acids is 1. The first-order valence-electron chi connectivity index (χ1n) is 7.00. The standard InChI is InChI=1S/C15H21NO4S/c1-15(16-2,14(17)18)6-9-21-11-4-5-12-13(10-11)20-8-3-7-19-12/h4-5,10,16H,3,6-9H2,1-2H3,(H,17,18). The molecule has 21 heavy (non-hydrogen) atoms. The van der Waals surface area contributed by atoms with Crippen molar-refractivity contribution >= 4 is 17.7 Å². The molecular formula is C15H21NO4S. The summed E-state index contributed by atoms with van der Waals surface area (Å²) in [5.74, 6) is 1.43. The van der Waals surface area contributed by atoms with Gasteiger partial charge in [-0.05, 0) is 38.6 Å². The Bertz CT molecular complexity index is 508. The van der Waals surface area contributed by atoms with Crippen LogP contribution in [0.3, 0.4) is 0 Å². The fraction of sp³-hybridized carbons (Fsp3) is 0.533. The summed E-state index contributed by atoms with van der Waals surface area (Å²) >= 11 is 1.62. The second-order valence-electron chi connectivity index (χ2n) is 5.14. The Hall–Kier alpha value is -1.40. The third-order valence-electron chi connectivity index (χ3n) is 3.61. The molecule has 1 aliphatic heterocycles. The number of carboxylic acid groups (broad SMARTS) is 1. The van der Waals surface area contributed by atoms with Crippen molar-refractivity contribution in [2.24, 2.45) is 0 Å². The first kappa shape index (κ1) is 16.0. The van der Waals surface area contributed by atoms with E-state index in [0.717, 1.165) is 22.8 Å². The van der Waals surface area contributed by atoms with Gasteiger partial charge in [-0.25, -0.2) is 0 Å². The zero-order valence-electron chi connectivity index (χ0n) is 12.3. The predicted molar refractivity (Wildman–Crippen MR) is 82.5 cm³/mol. The molecule has 0 saturated heterocycles. The number of carbonyl (C=O) groups is 1. The summed E-state index contributed by atoms with van der Waals surface area (Å²) in [6.45, 7) is 3.04. The van der Waals surface area contributed by atoms with E-state index in [1.807, 2.05) is 18.2 Å². The molecule has 1 unspecified atom stereocenters. The molecule has 0 spiro atoms. The van der Waals surface area contributed by atoms with E-state index in [4.69, 9.17) is 9.47 Å². The quantitative estimate of drug-likeness (QED) is 0.786. The predicted octanol–water partition coefficient (Wildman–Crippen LogP) is 2.39. The highest BCUT2D eigenvalue weighted by Crippen LogP contribution is 2.34. The summed E-state index contributed by atoms with van der Waals surface area (Å²) in [6, 6.07) is 5.86.